The van der Waals surface area contributed by atoms with Crippen LogP contribution >= 0.6 is 0 Å². The first-order chi connectivity index (χ1) is 22.3. The van der Waals surface area contributed by atoms with Crippen LogP contribution in [-0.4, -0.2) is 70.7 Å². The number of aryl methyl sites for hydroxylation is 1. The Labute approximate surface area is 267 Å². The van der Waals surface area contributed by atoms with Gasteiger partial charge >= 0.3 is 0 Å². The van der Waals surface area contributed by atoms with Crippen molar-refractivity contribution in [2.75, 3.05) is 32.1 Å². The van der Waals surface area contributed by atoms with Gasteiger partial charge in [0.2, 0.25) is 11.8 Å². The second-order valence-corrected chi connectivity index (χ2v) is 12.8. The average Bonchev–Trinajstić information content (AvgIpc) is 3.75. The number of hydrogen-bond acceptors (Lipinski definition) is 6. The summed E-state index contributed by atoms with van der Waals surface area (Å²) in [5, 5.41) is 14.2. The fourth-order valence-electron chi connectivity index (χ4n) is 7.10. The summed E-state index contributed by atoms with van der Waals surface area (Å²) < 4.78 is 5.82. The highest BCUT2D eigenvalue weighted by molar-refractivity contribution is 6.06. The lowest BCUT2D eigenvalue weighted by atomic mass is 9.79. The van der Waals surface area contributed by atoms with Gasteiger partial charge < -0.3 is 20.3 Å². The molecule has 10 nitrogen and oxygen atoms in total. The van der Waals surface area contributed by atoms with Crippen LogP contribution in [0, 0.1) is 6.92 Å². The average molecular weight is 619 g/mol. The second-order valence-electron chi connectivity index (χ2n) is 12.8. The van der Waals surface area contributed by atoms with Gasteiger partial charge in [0, 0.05) is 49.3 Å². The molecule has 7 rings (SSSR count). The van der Waals surface area contributed by atoms with Crippen LogP contribution < -0.4 is 10.6 Å². The van der Waals surface area contributed by atoms with E-state index >= 15 is 0 Å². The van der Waals surface area contributed by atoms with Gasteiger partial charge in [-0.1, -0.05) is 24.3 Å². The number of carbonyl (C=O) groups is 3. The van der Waals surface area contributed by atoms with Gasteiger partial charge in [-0.05, 0) is 91.1 Å². The number of likely N-dealkylation sites (N-methyl/N-ethyl adjacent to an activating group) is 1. The number of anilines is 1. The van der Waals surface area contributed by atoms with Gasteiger partial charge in [-0.2, -0.15) is 5.10 Å². The molecule has 236 valence electrons. The number of nitrogens with one attached hydrogen (secondary N) is 3. The Morgan fingerprint density at radius 1 is 1.02 bits per heavy atom. The predicted molar refractivity (Wildman–Crippen MR) is 176 cm³/mol. The van der Waals surface area contributed by atoms with Gasteiger partial charge in [-0.15, -0.1) is 0 Å². The SMILES string of the molecule is Cc1cc(C[C@H]2NC(=O)c3ccc4c(c3)C[C@]3(C4)C(=O)Nc4ncc(cc43)/C=C/COCCCCCN(C)C2=O)cc2cn[nH]c12. The molecule has 0 fully saturated rings. The zero-order valence-electron chi connectivity index (χ0n) is 26.2. The highest BCUT2D eigenvalue weighted by atomic mass is 16.5. The Morgan fingerprint density at radius 3 is 2.78 bits per heavy atom. The van der Waals surface area contributed by atoms with Gasteiger partial charge in [-0.3, -0.25) is 19.5 Å². The van der Waals surface area contributed by atoms with Crippen molar-refractivity contribution in [2.24, 2.45) is 0 Å². The molecular formula is C36H38N6O4. The van der Waals surface area contributed by atoms with E-state index in [0.29, 0.717) is 50.4 Å². The molecule has 4 aromatic rings. The topological polar surface area (TPSA) is 129 Å². The molecule has 4 heterocycles. The zero-order chi connectivity index (χ0) is 31.8. The first-order valence-corrected chi connectivity index (χ1v) is 16.0. The molecule has 5 bridgehead atoms. The first-order valence-electron chi connectivity index (χ1n) is 16.0. The molecule has 3 aliphatic rings. The predicted octanol–water partition coefficient (Wildman–Crippen LogP) is 4.27. The van der Waals surface area contributed by atoms with Crippen molar-refractivity contribution in [3.8, 4) is 0 Å². The molecule has 2 aromatic carbocycles. The first kappa shape index (κ1) is 29.9. The van der Waals surface area contributed by atoms with Gasteiger partial charge in [0.25, 0.3) is 5.91 Å². The lowest BCUT2D eigenvalue weighted by Crippen LogP contribution is -2.48. The van der Waals surface area contributed by atoms with E-state index in [9.17, 15) is 14.4 Å². The number of nitrogens with zero attached hydrogens (tertiary/aromatic N) is 3. The molecule has 1 aliphatic carbocycles. The van der Waals surface area contributed by atoms with E-state index < -0.39 is 11.5 Å². The number of amides is 3. The largest absolute Gasteiger partial charge is 0.377 e. The fourth-order valence-corrected chi connectivity index (χ4v) is 7.10. The Hall–Kier alpha value is -4.83. The summed E-state index contributed by atoms with van der Waals surface area (Å²) in [5.41, 5.74) is 6.40. The van der Waals surface area contributed by atoms with Crippen LogP contribution in [0.4, 0.5) is 5.82 Å². The van der Waals surface area contributed by atoms with Crippen LogP contribution in [0.25, 0.3) is 17.0 Å². The lowest BCUT2D eigenvalue weighted by molar-refractivity contribution is -0.132. The molecule has 0 radical (unpaired) electrons. The van der Waals surface area contributed by atoms with Crippen molar-refractivity contribution in [1.82, 2.24) is 25.4 Å². The maximum Gasteiger partial charge on any atom is 0.251 e. The van der Waals surface area contributed by atoms with Crippen LogP contribution in [0.5, 0.6) is 0 Å². The summed E-state index contributed by atoms with van der Waals surface area (Å²) in [6, 6.07) is 10.9. The quantitative estimate of drug-likeness (QED) is 0.308. The summed E-state index contributed by atoms with van der Waals surface area (Å²) in [6.45, 7) is 3.70. The van der Waals surface area contributed by atoms with E-state index in [4.69, 9.17) is 4.74 Å². The maximum absolute atomic E-state index is 13.8. The smallest absolute Gasteiger partial charge is 0.251 e. The minimum atomic E-state index is -0.776. The molecule has 1 spiro atoms. The van der Waals surface area contributed by atoms with Crippen molar-refractivity contribution in [1.29, 1.82) is 0 Å². The van der Waals surface area contributed by atoms with Crippen molar-refractivity contribution in [2.45, 2.75) is 56.9 Å². The van der Waals surface area contributed by atoms with E-state index in [1.54, 1.807) is 30.4 Å². The van der Waals surface area contributed by atoms with Crippen LogP contribution in [-0.2, 0) is 39.0 Å². The number of ether oxygens (including phenoxy) is 1. The monoisotopic (exact) mass is 618 g/mol. The summed E-state index contributed by atoms with van der Waals surface area (Å²) in [6.07, 6.45) is 11.5. The molecule has 46 heavy (non-hydrogen) atoms. The second kappa shape index (κ2) is 12.2. The number of hydrogen-bond donors (Lipinski definition) is 3. The summed E-state index contributed by atoms with van der Waals surface area (Å²) in [4.78, 5) is 47.4. The molecule has 3 N–H and O–H groups in total. The minimum Gasteiger partial charge on any atom is -0.377 e. The van der Waals surface area contributed by atoms with Gasteiger partial charge in [0.1, 0.15) is 11.9 Å². The molecular weight excluding hydrogens is 580 g/mol. The zero-order valence-corrected chi connectivity index (χ0v) is 26.2. The minimum absolute atomic E-state index is 0.0743. The standard InChI is InChI=1S/C36H38N6O4/c1-22-13-24(14-28-21-38-41-31(22)28)16-30-34(44)42(2)10-4-3-5-11-46-12-6-7-23-15-29-32(37-20-23)40-35(45)36(29)18-26-9-8-25(33(43)39-30)17-27(26)19-36/h6-9,13-15,17,20-21,30H,3-5,10-12,16,18-19H2,1-2H3,(H,38,41)(H,39,43)(H,37,40,45)/b7-6+/t30-,36+/m1/s1. The number of aromatic nitrogens is 3. The third-order valence-corrected chi connectivity index (χ3v) is 9.58. The summed E-state index contributed by atoms with van der Waals surface area (Å²) >= 11 is 0. The molecule has 2 atom stereocenters. The Balaban J connectivity index is 1.20. The van der Waals surface area contributed by atoms with Crippen molar-refractivity contribution in [3.63, 3.8) is 0 Å². The van der Waals surface area contributed by atoms with E-state index in [1.165, 1.54) is 0 Å². The van der Waals surface area contributed by atoms with Gasteiger partial charge in [0.15, 0.2) is 0 Å². The van der Waals surface area contributed by atoms with Gasteiger partial charge in [0.05, 0.1) is 23.7 Å². The summed E-state index contributed by atoms with van der Waals surface area (Å²) in [5.74, 6) is 0.0633. The fraction of sp³-hybridized carbons (Fsp3) is 0.361. The Morgan fingerprint density at radius 2 is 1.89 bits per heavy atom. The van der Waals surface area contributed by atoms with Crippen molar-refractivity contribution in [3.05, 3.63) is 93.8 Å². The van der Waals surface area contributed by atoms with Crippen molar-refractivity contribution < 1.29 is 19.1 Å². The van der Waals surface area contributed by atoms with E-state index in [0.717, 1.165) is 63.5 Å². The third kappa shape index (κ3) is 5.58. The number of rotatable bonds is 2. The van der Waals surface area contributed by atoms with E-state index in [-0.39, 0.29) is 17.7 Å². The van der Waals surface area contributed by atoms with Crippen LogP contribution in [0.15, 0.2) is 54.9 Å². The Bertz CT molecular complexity index is 1880. The molecule has 0 unspecified atom stereocenters. The van der Waals surface area contributed by atoms with E-state index in [2.05, 4.69) is 25.8 Å². The van der Waals surface area contributed by atoms with Crippen LogP contribution in [0.1, 0.15) is 63.0 Å². The number of aromatic amines is 1. The normalized spacial score (nSPS) is 22.8. The highest BCUT2D eigenvalue weighted by Gasteiger charge is 2.51. The number of H-pyrrole nitrogens is 1. The molecule has 10 heteroatoms. The number of benzene rings is 2. The lowest BCUT2D eigenvalue weighted by Gasteiger charge is -2.25. The summed E-state index contributed by atoms with van der Waals surface area (Å²) in [7, 11) is 1.80. The van der Waals surface area contributed by atoms with Gasteiger partial charge in [-0.25, -0.2) is 4.98 Å². The highest BCUT2D eigenvalue weighted by Crippen LogP contribution is 2.47. The number of pyridine rings is 1. The molecule has 3 amide bonds. The molecule has 0 saturated heterocycles. The van der Waals surface area contributed by atoms with E-state index in [1.807, 2.05) is 49.4 Å². The number of carbonyl (C=O) groups excluding carboxylic acids is 3. The number of fused-ring (bicyclic) bond motifs is 3. The third-order valence-electron chi connectivity index (χ3n) is 9.58. The molecule has 2 aromatic heterocycles. The molecule has 2 aliphatic heterocycles. The van der Waals surface area contributed by atoms with Crippen LogP contribution in [0.2, 0.25) is 0 Å². The Kier molecular flexibility index (Phi) is 7.90. The maximum atomic E-state index is 13.8. The van der Waals surface area contributed by atoms with Crippen molar-refractivity contribution >= 4 is 40.5 Å². The molecule has 0 saturated carbocycles. The van der Waals surface area contributed by atoms with Crippen LogP contribution in [0.3, 0.4) is 0 Å².